The van der Waals surface area contributed by atoms with Gasteiger partial charge in [0.25, 0.3) is 0 Å². The van der Waals surface area contributed by atoms with Gasteiger partial charge in [0.1, 0.15) is 5.01 Å². The maximum Gasteiger partial charge on any atom is 0.110 e. The average molecular weight is 265 g/mol. The average Bonchev–Trinajstić information content (AvgIpc) is 3.01. The molecule has 18 heavy (non-hydrogen) atoms. The minimum atomic E-state index is 0.465. The van der Waals surface area contributed by atoms with Crippen LogP contribution in [0, 0.1) is 5.41 Å². The summed E-state index contributed by atoms with van der Waals surface area (Å²) in [4.78, 5) is 7.24. The normalized spacial score (nSPS) is 33.9. The van der Waals surface area contributed by atoms with E-state index in [4.69, 9.17) is 0 Å². The summed E-state index contributed by atoms with van der Waals surface area (Å²) in [5, 5.41) is 6.95. The number of aromatic nitrogens is 1. The van der Waals surface area contributed by atoms with Gasteiger partial charge >= 0.3 is 0 Å². The number of rotatable bonds is 3. The molecule has 1 aromatic heterocycles. The van der Waals surface area contributed by atoms with Crippen LogP contribution in [0.4, 0.5) is 0 Å². The highest BCUT2D eigenvalue weighted by Crippen LogP contribution is 2.36. The van der Waals surface area contributed by atoms with E-state index in [1.807, 2.05) is 17.5 Å². The third-order valence-electron chi connectivity index (χ3n) is 4.39. The molecular weight excluding hydrogens is 242 g/mol. The van der Waals surface area contributed by atoms with Gasteiger partial charge in [0.15, 0.2) is 0 Å². The molecule has 3 rings (SSSR count). The standard InChI is InChI=1S/C14H23N3S/c1-14(5-6-15-10-14)11-17-8-3-2-4-12(17)13-16-7-9-18-13/h7,9,12,15H,2-6,8,10-11H2,1H3. The first-order valence-electron chi connectivity index (χ1n) is 7.11. The molecule has 0 aliphatic carbocycles. The first-order valence-corrected chi connectivity index (χ1v) is 7.99. The lowest BCUT2D eigenvalue weighted by Crippen LogP contribution is -2.42. The number of piperidine rings is 1. The maximum atomic E-state index is 4.55. The molecule has 3 heterocycles. The molecule has 2 unspecified atom stereocenters. The summed E-state index contributed by atoms with van der Waals surface area (Å²) in [6.45, 7) is 7.27. The van der Waals surface area contributed by atoms with Crippen LogP contribution in [0.2, 0.25) is 0 Å². The third kappa shape index (κ3) is 2.60. The summed E-state index contributed by atoms with van der Waals surface area (Å²) < 4.78 is 0. The monoisotopic (exact) mass is 265 g/mol. The fourth-order valence-electron chi connectivity index (χ4n) is 3.35. The van der Waals surface area contributed by atoms with Gasteiger partial charge in [0.05, 0.1) is 6.04 Å². The Bertz CT molecular complexity index is 370. The molecule has 0 aromatic carbocycles. The van der Waals surface area contributed by atoms with E-state index >= 15 is 0 Å². The highest BCUT2D eigenvalue weighted by atomic mass is 32.1. The van der Waals surface area contributed by atoms with Crippen molar-refractivity contribution in [2.24, 2.45) is 5.41 Å². The fourth-order valence-corrected chi connectivity index (χ4v) is 4.16. The largest absolute Gasteiger partial charge is 0.316 e. The fraction of sp³-hybridized carbons (Fsp3) is 0.786. The van der Waals surface area contributed by atoms with Crippen molar-refractivity contribution in [3.05, 3.63) is 16.6 Å². The van der Waals surface area contributed by atoms with Crippen LogP contribution in [-0.4, -0.2) is 36.1 Å². The van der Waals surface area contributed by atoms with E-state index in [1.165, 1.54) is 56.9 Å². The van der Waals surface area contributed by atoms with Crippen LogP contribution < -0.4 is 5.32 Å². The lowest BCUT2D eigenvalue weighted by Gasteiger charge is -2.39. The number of nitrogens with one attached hydrogen (secondary N) is 1. The molecule has 0 bridgehead atoms. The van der Waals surface area contributed by atoms with Gasteiger partial charge in [-0.1, -0.05) is 13.3 Å². The van der Waals surface area contributed by atoms with Gasteiger partial charge < -0.3 is 5.32 Å². The number of nitrogens with zero attached hydrogens (tertiary/aromatic N) is 2. The summed E-state index contributed by atoms with van der Waals surface area (Å²) in [6.07, 6.45) is 7.26. The molecule has 0 saturated carbocycles. The van der Waals surface area contributed by atoms with Crippen LogP contribution in [0.15, 0.2) is 11.6 Å². The SMILES string of the molecule is CC1(CN2CCCCC2c2nccs2)CCNC1. The maximum absolute atomic E-state index is 4.55. The van der Waals surface area contributed by atoms with Crippen LogP contribution in [0.1, 0.15) is 43.7 Å². The Labute approximate surface area is 114 Å². The molecule has 1 N–H and O–H groups in total. The summed E-state index contributed by atoms with van der Waals surface area (Å²) in [5.41, 5.74) is 0.465. The molecule has 2 atom stereocenters. The van der Waals surface area contributed by atoms with Crippen molar-refractivity contribution in [2.75, 3.05) is 26.2 Å². The number of likely N-dealkylation sites (tertiary alicyclic amines) is 1. The molecule has 2 aliphatic heterocycles. The van der Waals surface area contributed by atoms with E-state index in [9.17, 15) is 0 Å². The van der Waals surface area contributed by atoms with Crippen molar-refractivity contribution in [2.45, 2.75) is 38.6 Å². The highest BCUT2D eigenvalue weighted by molar-refractivity contribution is 7.09. The van der Waals surface area contributed by atoms with Gasteiger partial charge in [-0.3, -0.25) is 4.90 Å². The highest BCUT2D eigenvalue weighted by Gasteiger charge is 2.35. The zero-order chi connectivity index (χ0) is 12.4. The molecule has 4 heteroatoms. The van der Waals surface area contributed by atoms with E-state index in [1.54, 1.807) is 0 Å². The predicted octanol–water partition coefficient (Wildman–Crippen LogP) is 2.67. The van der Waals surface area contributed by atoms with E-state index in [-0.39, 0.29) is 0 Å². The number of hydrogen-bond acceptors (Lipinski definition) is 4. The second kappa shape index (κ2) is 5.27. The zero-order valence-corrected chi connectivity index (χ0v) is 12.0. The van der Waals surface area contributed by atoms with Crippen LogP contribution in [0.5, 0.6) is 0 Å². The Kier molecular flexibility index (Phi) is 3.68. The first-order chi connectivity index (χ1) is 8.77. The van der Waals surface area contributed by atoms with Crippen LogP contribution in [0.25, 0.3) is 0 Å². The van der Waals surface area contributed by atoms with Crippen molar-refractivity contribution < 1.29 is 0 Å². The molecule has 0 spiro atoms. The molecule has 2 fully saturated rings. The van der Waals surface area contributed by atoms with Crippen molar-refractivity contribution in [1.29, 1.82) is 0 Å². The molecule has 2 saturated heterocycles. The van der Waals surface area contributed by atoms with Gasteiger partial charge in [0, 0.05) is 24.7 Å². The minimum Gasteiger partial charge on any atom is -0.316 e. The van der Waals surface area contributed by atoms with Gasteiger partial charge in [-0.15, -0.1) is 11.3 Å². The smallest absolute Gasteiger partial charge is 0.110 e. The van der Waals surface area contributed by atoms with Gasteiger partial charge in [-0.25, -0.2) is 4.98 Å². The molecule has 3 nitrogen and oxygen atoms in total. The molecule has 100 valence electrons. The van der Waals surface area contributed by atoms with Crippen LogP contribution >= 0.6 is 11.3 Å². The van der Waals surface area contributed by atoms with Gasteiger partial charge in [0.2, 0.25) is 0 Å². The minimum absolute atomic E-state index is 0.465. The lowest BCUT2D eigenvalue weighted by molar-refractivity contribution is 0.0958. The zero-order valence-electron chi connectivity index (χ0n) is 11.2. The van der Waals surface area contributed by atoms with Crippen molar-refractivity contribution >= 4 is 11.3 Å². The Balaban J connectivity index is 1.72. The Morgan fingerprint density at radius 2 is 2.50 bits per heavy atom. The van der Waals surface area contributed by atoms with E-state index in [0.717, 1.165) is 0 Å². The van der Waals surface area contributed by atoms with E-state index in [0.29, 0.717) is 11.5 Å². The summed E-state index contributed by atoms with van der Waals surface area (Å²) in [7, 11) is 0. The lowest BCUT2D eigenvalue weighted by atomic mass is 9.87. The summed E-state index contributed by atoms with van der Waals surface area (Å²) >= 11 is 1.82. The van der Waals surface area contributed by atoms with Crippen molar-refractivity contribution in [3.8, 4) is 0 Å². The van der Waals surface area contributed by atoms with Gasteiger partial charge in [-0.2, -0.15) is 0 Å². The molecule has 2 aliphatic rings. The topological polar surface area (TPSA) is 28.2 Å². The van der Waals surface area contributed by atoms with Crippen molar-refractivity contribution in [1.82, 2.24) is 15.2 Å². The molecule has 0 radical (unpaired) electrons. The summed E-state index contributed by atoms with van der Waals surface area (Å²) in [6, 6.07) is 0.580. The molecule has 0 amide bonds. The van der Waals surface area contributed by atoms with Gasteiger partial charge in [-0.05, 0) is 37.8 Å². The number of thiazole rings is 1. The van der Waals surface area contributed by atoms with E-state index in [2.05, 4.69) is 27.5 Å². The quantitative estimate of drug-likeness (QED) is 0.911. The van der Waals surface area contributed by atoms with Crippen molar-refractivity contribution in [3.63, 3.8) is 0 Å². The first kappa shape index (κ1) is 12.6. The number of hydrogen-bond donors (Lipinski definition) is 1. The third-order valence-corrected chi connectivity index (χ3v) is 5.27. The molecule has 1 aromatic rings. The van der Waals surface area contributed by atoms with Crippen LogP contribution in [0.3, 0.4) is 0 Å². The Morgan fingerprint density at radius 1 is 1.56 bits per heavy atom. The summed E-state index contributed by atoms with van der Waals surface area (Å²) in [5.74, 6) is 0. The predicted molar refractivity (Wildman–Crippen MR) is 75.9 cm³/mol. The van der Waals surface area contributed by atoms with E-state index < -0.39 is 0 Å². The second-order valence-corrected chi connectivity index (χ2v) is 7.02. The molecular formula is C14H23N3S. The van der Waals surface area contributed by atoms with Crippen LogP contribution in [-0.2, 0) is 0 Å². The second-order valence-electron chi connectivity index (χ2n) is 6.09. The Morgan fingerprint density at radius 3 is 3.22 bits per heavy atom. The Hall–Kier alpha value is -0.450.